The second kappa shape index (κ2) is 9.89. The lowest BCUT2D eigenvalue weighted by Gasteiger charge is -2.48. The fourth-order valence-electron chi connectivity index (χ4n) is 5.73. The van der Waals surface area contributed by atoms with Crippen molar-refractivity contribution in [1.29, 1.82) is 0 Å². The first-order valence-electron chi connectivity index (χ1n) is 11.9. The Morgan fingerprint density at radius 1 is 0.763 bits per heavy atom. The van der Waals surface area contributed by atoms with Gasteiger partial charge >= 0.3 is 11.9 Å². The summed E-state index contributed by atoms with van der Waals surface area (Å²) in [6, 6.07) is 18.7. The molecule has 0 amide bonds. The molecule has 192 valence electrons. The Morgan fingerprint density at radius 2 is 1.26 bits per heavy atom. The normalized spacial score (nSPS) is 23.5. The predicted octanol–water partition coefficient (Wildman–Crippen LogP) is 5.40. The average Bonchev–Trinajstić information content (AvgIpc) is 2.88. The number of hydrogen-bond acceptors (Lipinski definition) is 7. The molecule has 0 aromatic heterocycles. The average molecular weight is 514 g/mol. The van der Waals surface area contributed by atoms with Crippen molar-refractivity contribution >= 4 is 29.4 Å². The molecule has 1 fully saturated rings. The number of carboxylic acid groups (broad SMARTS) is 1. The van der Waals surface area contributed by atoms with Crippen LogP contribution in [0.4, 0.5) is 11.4 Å². The second-order valence-corrected chi connectivity index (χ2v) is 9.27. The van der Waals surface area contributed by atoms with Crippen molar-refractivity contribution in [3.8, 4) is 0 Å². The van der Waals surface area contributed by atoms with Gasteiger partial charge in [0.15, 0.2) is 0 Å². The number of esters is 1. The number of benzene rings is 3. The first-order chi connectivity index (χ1) is 18.3. The van der Waals surface area contributed by atoms with Gasteiger partial charge in [-0.3, -0.25) is 29.8 Å². The van der Waals surface area contributed by atoms with E-state index in [1.807, 2.05) is 36.4 Å². The van der Waals surface area contributed by atoms with E-state index in [1.165, 1.54) is 48.5 Å². The Balaban J connectivity index is 1.61. The molecule has 0 spiro atoms. The van der Waals surface area contributed by atoms with Crippen molar-refractivity contribution in [2.75, 3.05) is 0 Å². The van der Waals surface area contributed by atoms with Crippen molar-refractivity contribution in [3.05, 3.63) is 121 Å². The first kappa shape index (κ1) is 24.8. The van der Waals surface area contributed by atoms with Crippen LogP contribution >= 0.6 is 0 Å². The number of carboxylic acids is 1. The molecule has 3 aromatic carbocycles. The van der Waals surface area contributed by atoms with E-state index in [0.717, 1.165) is 11.1 Å². The largest absolute Gasteiger partial charge is 0.481 e. The van der Waals surface area contributed by atoms with Crippen molar-refractivity contribution in [2.24, 2.45) is 11.8 Å². The highest BCUT2D eigenvalue weighted by atomic mass is 16.6. The van der Waals surface area contributed by atoms with E-state index < -0.39 is 51.6 Å². The number of nitrogens with zero attached hydrogens (tertiary/aromatic N) is 2. The van der Waals surface area contributed by atoms with Gasteiger partial charge in [-0.2, -0.15) is 0 Å². The van der Waals surface area contributed by atoms with Crippen LogP contribution in [0.1, 0.15) is 46.6 Å². The lowest BCUT2D eigenvalue weighted by atomic mass is 9.52. The zero-order chi connectivity index (χ0) is 27.0. The summed E-state index contributed by atoms with van der Waals surface area (Å²) < 4.78 is 5.93. The van der Waals surface area contributed by atoms with Crippen molar-refractivity contribution in [3.63, 3.8) is 0 Å². The number of aliphatic carboxylic acids is 1. The molecule has 1 saturated carbocycles. The van der Waals surface area contributed by atoms with Crippen LogP contribution in [-0.2, 0) is 14.3 Å². The van der Waals surface area contributed by atoms with Gasteiger partial charge in [-0.25, -0.2) is 0 Å². The van der Waals surface area contributed by atoms with Crippen LogP contribution in [0.25, 0.3) is 6.08 Å². The smallest absolute Gasteiger partial charge is 0.310 e. The summed E-state index contributed by atoms with van der Waals surface area (Å²) in [4.78, 5) is 48.7. The van der Waals surface area contributed by atoms with Crippen LogP contribution in [0.3, 0.4) is 0 Å². The molecule has 0 heterocycles. The topological polar surface area (TPSA) is 150 Å². The van der Waals surface area contributed by atoms with E-state index in [-0.39, 0.29) is 22.5 Å². The Hall–Kier alpha value is -4.86. The van der Waals surface area contributed by atoms with E-state index in [1.54, 1.807) is 0 Å². The summed E-state index contributed by atoms with van der Waals surface area (Å²) in [7, 11) is 0. The molecule has 3 aromatic rings. The van der Waals surface area contributed by atoms with Crippen molar-refractivity contribution < 1.29 is 29.3 Å². The van der Waals surface area contributed by atoms with Gasteiger partial charge in [-0.15, -0.1) is 0 Å². The zero-order valence-corrected chi connectivity index (χ0v) is 19.9. The summed E-state index contributed by atoms with van der Waals surface area (Å²) in [6.45, 7) is 0. The highest BCUT2D eigenvalue weighted by molar-refractivity contribution is 5.86. The van der Waals surface area contributed by atoms with E-state index in [4.69, 9.17) is 4.74 Å². The van der Waals surface area contributed by atoms with Crippen LogP contribution in [0.15, 0.2) is 78.9 Å². The summed E-state index contributed by atoms with van der Waals surface area (Å²) in [6.07, 6.45) is 3.52. The number of fused-ring (bicyclic) bond motifs is 1. The monoisotopic (exact) mass is 514 g/mol. The van der Waals surface area contributed by atoms with Gasteiger partial charge in [0.1, 0.15) is 6.10 Å². The van der Waals surface area contributed by atoms with Crippen LogP contribution in [-0.4, -0.2) is 26.9 Å². The van der Waals surface area contributed by atoms with Crippen LogP contribution in [0, 0.1) is 32.1 Å². The first-order valence-corrected chi connectivity index (χ1v) is 11.9. The molecule has 2 aliphatic carbocycles. The minimum Gasteiger partial charge on any atom is -0.481 e. The van der Waals surface area contributed by atoms with E-state index in [2.05, 4.69) is 0 Å². The molecule has 38 heavy (non-hydrogen) atoms. The minimum atomic E-state index is -1.33. The molecule has 10 nitrogen and oxygen atoms in total. The quantitative estimate of drug-likeness (QED) is 0.250. The third-order valence-electron chi connectivity index (χ3n) is 7.34. The molecule has 5 rings (SSSR count). The number of nitro benzene ring substituents is 2. The van der Waals surface area contributed by atoms with E-state index >= 15 is 0 Å². The van der Waals surface area contributed by atoms with Gasteiger partial charge in [0.05, 0.1) is 21.7 Å². The SMILES string of the molecule is O=C(O)C1[C@H](c2ccccc2[N+](=O)[O-])C(C(=O)OC2CC=Cc3ccccc32)[C@H]1c1ccccc1[N+](=O)[O-]. The third kappa shape index (κ3) is 4.19. The van der Waals surface area contributed by atoms with Crippen molar-refractivity contribution in [1.82, 2.24) is 0 Å². The lowest BCUT2D eigenvalue weighted by Crippen LogP contribution is -2.51. The van der Waals surface area contributed by atoms with Crippen molar-refractivity contribution in [2.45, 2.75) is 24.4 Å². The van der Waals surface area contributed by atoms with E-state index in [0.29, 0.717) is 6.42 Å². The fraction of sp³-hybridized carbons (Fsp3) is 0.214. The van der Waals surface area contributed by atoms with Gasteiger partial charge in [-0.1, -0.05) is 72.8 Å². The highest BCUT2D eigenvalue weighted by Gasteiger charge is 2.62. The Morgan fingerprint density at radius 3 is 1.79 bits per heavy atom. The number of carbonyl (C=O) groups excluding carboxylic acids is 1. The Kier molecular flexibility index (Phi) is 6.46. The minimum absolute atomic E-state index is 0.0747. The summed E-state index contributed by atoms with van der Waals surface area (Å²) in [5, 5.41) is 33.8. The summed E-state index contributed by atoms with van der Waals surface area (Å²) in [5.74, 6) is -6.85. The number of carbonyl (C=O) groups is 2. The molecule has 1 N–H and O–H groups in total. The van der Waals surface area contributed by atoms with Gasteiger partial charge in [0, 0.05) is 41.5 Å². The number of ether oxygens (including phenoxy) is 1. The maximum atomic E-state index is 13.8. The molecule has 0 aliphatic heterocycles. The maximum Gasteiger partial charge on any atom is 0.310 e. The Bertz CT molecular complexity index is 1420. The summed E-state index contributed by atoms with van der Waals surface area (Å²) >= 11 is 0. The van der Waals surface area contributed by atoms with Gasteiger partial charge < -0.3 is 9.84 Å². The molecule has 0 bridgehead atoms. The highest BCUT2D eigenvalue weighted by Crippen LogP contribution is 2.60. The standard InChI is InChI=1S/C28H22N2O8/c31-27(32)25-23(18-11-3-5-13-20(18)29(34)35)26(24(25)19-12-4-6-14-21(19)30(36)37)28(33)38-22-15-7-9-16-8-1-2-10-17(16)22/h1-14,22-26H,15H2,(H,31,32)/t22?,23-,24-,25?,26?/m0/s1. The summed E-state index contributed by atoms with van der Waals surface area (Å²) in [5.41, 5.74) is 1.15. The molecule has 1 unspecified atom stereocenters. The molecular weight excluding hydrogens is 492 g/mol. The van der Waals surface area contributed by atoms with Gasteiger partial charge in [-0.05, 0) is 11.1 Å². The van der Waals surface area contributed by atoms with Gasteiger partial charge in [0.25, 0.3) is 11.4 Å². The third-order valence-corrected chi connectivity index (χ3v) is 7.34. The number of nitro groups is 2. The number of rotatable bonds is 7. The van der Waals surface area contributed by atoms with E-state index in [9.17, 15) is 34.9 Å². The maximum absolute atomic E-state index is 13.8. The zero-order valence-electron chi connectivity index (χ0n) is 19.9. The molecule has 0 radical (unpaired) electrons. The second-order valence-electron chi connectivity index (χ2n) is 9.27. The van der Waals surface area contributed by atoms with Crippen LogP contribution < -0.4 is 0 Å². The Labute approximate surface area is 216 Å². The molecular formula is C28H22N2O8. The molecule has 3 atom stereocenters. The number of para-hydroxylation sites is 2. The van der Waals surface area contributed by atoms with Gasteiger partial charge in [0.2, 0.25) is 0 Å². The van der Waals surface area contributed by atoms with Crippen LogP contribution in [0.5, 0.6) is 0 Å². The predicted molar refractivity (Wildman–Crippen MR) is 135 cm³/mol. The van der Waals surface area contributed by atoms with Crippen LogP contribution in [0.2, 0.25) is 0 Å². The molecule has 10 heteroatoms. The molecule has 0 saturated heterocycles. The lowest BCUT2D eigenvalue weighted by molar-refractivity contribution is -0.386. The number of hydrogen-bond donors (Lipinski definition) is 1. The fourth-order valence-corrected chi connectivity index (χ4v) is 5.73. The molecule has 2 aliphatic rings.